The standard InChI is InChI=1S/C16H15ClN6O3S2/c1-10-5-6-12(8-14(10)28(18,25)26)19-15(24)9-27-16-20-21-22-23(16)13-4-2-3-11(17)7-13/h2-8H,9H2,1H3,(H,19,24)(H2,18,25,26). The Bertz CT molecular complexity index is 1130. The smallest absolute Gasteiger partial charge is 0.238 e. The number of primary sulfonamides is 1. The molecule has 28 heavy (non-hydrogen) atoms. The maximum absolute atomic E-state index is 12.2. The van der Waals surface area contributed by atoms with E-state index >= 15 is 0 Å². The van der Waals surface area contributed by atoms with Gasteiger partial charge < -0.3 is 5.32 Å². The lowest BCUT2D eigenvalue weighted by atomic mass is 10.2. The Morgan fingerprint density at radius 3 is 2.79 bits per heavy atom. The van der Waals surface area contributed by atoms with E-state index < -0.39 is 10.0 Å². The van der Waals surface area contributed by atoms with Crippen LogP contribution in [-0.4, -0.2) is 40.3 Å². The Balaban J connectivity index is 1.69. The fourth-order valence-electron chi connectivity index (χ4n) is 2.35. The maximum Gasteiger partial charge on any atom is 0.238 e. The molecule has 0 aliphatic heterocycles. The predicted octanol–water partition coefficient (Wildman–Crippen LogP) is 2.00. The van der Waals surface area contributed by atoms with Gasteiger partial charge >= 0.3 is 0 Å². The average Bonchev–Trinajstić information content (AvgIpc) is 3.09. The van der Waals surface area contributed by atoms with Crippen molar-refractivity contribution in [2.45, 2.75) is 17.0 Å². The number of aromatic nitrogens is 4. The molecule has 3 rings (SSSR count). The van der Waals surface area contributed by atoms with Gasteiger partial charge in [0.25, 0.3) is 0 Å². The highest BCUT2D eigenvalue weighted by molar-refractivity contribution is 7.99. The second-order valence-electron chi connectivity index (χ2n) is 5.72. The van der Waals surface area contributed by atoms with Crippen molar-refractivity contribution in [1.82, 2.24) is 20.2 Å². The van der Waals surface area contributed by atoms with Gasteiger partial charge in [0.15, 0.2) is 0 Å². The van der Waals surface area contributed by atoms with Crippen LogP contribution in [-0.2, 0) is 14.8 Å². The number of aryl methyl sites for hydroxylation is 1. The van der Waals surface area contributed by atoms with Crippen LogP contribution in [0, 0.1) is 6.92 Å². The number of sulfonamides is 1. The third-order valence-corrected chi connectivity index (χ3v) is 5.81. The van der Waals surface area contributed by atoms with Crippen molar-refractivity contribution in [2.24, 2.45) is 5.14 Å². The Labute approximate surface area is 170 Å². The zero-order chi connectivity index (χ0) is 20.3. The van der Waals surface area contributed by atoms with Crippen molar-refractivity contribution in [3.8, 4) is 5.69 Å². The van der Waals surface area contributed by atoms with Crippen molar-refractivity contribution in [3.05, 3.63) is 53.1 Å². The molecule has 1 aromatic heterocycles. The van der Waals surface area contributed by atoms with Gasteiger partial charge in [-0.3, -0.25) is 4.79 Å². The largest absolute Gasteiger partial charge is 0.325 e. The number of carbonyl (C=O) groups is 1. The summed E-state index contributed by atoms with van der Waals surface area (Å²) in [4.78, 5) is 12.2. The summed E-state index contributed by atoms with van der Waals surface area (Å²) in [6.45, 7) is 1.62. The number of nitrogens with zero attached hydrogens (tertiary/aromatic N) is 4. The van der Waals surface area contributed by atoms with Crippen LogP contribution in [0.5, 0.6) is 0 Å². The first-order valence-electron chi connectivity index (χ1n) is 7.84. The summed E-state index contributed by atoms with van der Waals surface area (Å²) in [7, 11) is -3.88. The highest BCUT2D eigenvalue weighted by Crippen LogP contribution is 2.22. The van der Waals surface area contributed by atoms with Gasteiger partial charge in [-0.2, -0.15) is 4.68 Å². The Hall–Kier alpha value is -2.47. The number of nitrogens with one attached hydrogen (secondary N) is 1. The molecule has 0 aliphatic rings. The van der Waals surface area contributed by atoms with Crippen LogP contribution < -0.4 is 10.5 Å². The van der Waals surface area contributed by atoms with Crippen molar-refractivity contribution in [3.63, 3.8) is 0 Å². The number of nitrogens with two attached hydrogens (primary N) is 1. The highest BCUT2D eigenvalue weighted by Gasteiger charge is 2.15. The third-order valence-electron chi connectivity index (χ3n) is 3.60. The normalized spacial score (nSPS) is 11.4. The molecule has 3 aromatic rings. The van der Waals surface area contributed by atoms with Gasteiger partial charge in [0.2, 0.25) is 21.1 Å². The predicted molar refractivity (Wildman–Crippen MR) is 106 cm³/mol. The van der Waals surface area contributed by atoms with E-state index in [4.69, 9.17) is 16.7 Å². The van der Waals surface area contributed by atoms with Crippen LogP contribution >= 0.6 is 23.4 Å². The molecule has 0 radical (unpaired) electrons. The summed E-state index contributed by atoms with van der Waals surface area (Å²) in [6.07, 6.45) is 0. The van der Waals surface area contributed by atoms with E-state index in [1.165, 1.54) is 10.7 Å². The minimum absolute atomic E-state index is 0.0134. The van der Waals surface area contributed by atoms with E-state index in [9.17, 15) is 13.2 Å². The summed E-state index contributed by atoms with van der Waals surface area (Å²) < 4.78 is 24.7. The molecule has 1 amide bonds. The van der Waals surface area contributed by atoms with Gasteiger partial charge in [-0.25, -0.2) is 13.6 Å². The van der Waals surface area contributed by atoms with Gasteiger partial charge in [-0.05, 0) is 53.2 Å². The lowest BCUT2D eigenvalue weighted by molar-refractivity contribution is -0.113. The fraction of sp³-hybridized carbons (Fsp3) is 0.125. The van der Waals surface area contributed by atoms with Crippen molar-refractivity contribution < 1.29 is 13.2 Å². The van der Waals surface area contributed by atoms with Crippen molar-refractivity contribution >= 4 is 45.0 Å². The molecule has 2 aromatic carbocycles. The SMILES string of the molecule is Cc1ccc(NC(=O)CSc2nnnn2-c2cccc(Cl)c2)cc1S(N)(=O)=O. The van der Waals surface area contributed by atoms with E-state index in [2.05, 4.69) is 20.8 Å². The summed E-state index contributed by atoms with van der Waals surface area (Å²) >= 11 is 7.11. The topological polar surface area (TPSA) is 133 Å². The number of tetrazole rings is 1. The summed E-state index contributed by atoms with van der Waals surface area (Å²) in [6, 6.07) is 11.5. The minimum atomic E-state index is -3.88. The van der Waals surface area contributed by atoms with E-state index in [1.807, 2.05) is 0 Å². The highest BCUT2D eigenvalue weighted by atomic mass is 35.5. The first-order chi connectivity index (χ1) is 13.2. The summed E-state index contributed by atoms with van der Waals surface area (Å²) in [5, 5.41) is 20.2. The summed E-state index contributed by atoms with van der Waals surface area (Å²) in [5.74, 6) is -0.339. The minimum Gasteiger partial charge on any atom is -0.325 e. The molecule has 0 bridgehead atoms. The molecule has 0 unspecified atom stereocenters. The molecule has 0 aliphatic carbocycles. The third kappa shape index (κ3) is 4.87. The van der Waals surface area contributed by atoms with E-state index in [0.29, 0.717) is 27.1 Å². The van der Waals surface area contributed by atoms with Crippen LogP contribution in [0.1, 0.15) is 5.56 Å². The van der Waals surface area contributed by atoms with Gasteiger partial charge in [-0.15, -0.1) is 5.10 Å². The number of rotatable bonds is 6. The molecule has 1 heterocycles. The molecule has 12 heteroatoms. The fourth-order valence-corrected chi connectivity index (χ4v) is 4.03. The van der Waals surface area contributed by atoms with Crippen molar-refractivity contribution in [2.75, 3.05) is 11.1 Å². The van der Waals surface area contributed by atoms with Gasteiger partial charge in [0.05, 0.1) is 16.3 Å². The van der Waals surface area contributed by atoms with E-state index in [-0.39, 0.29) is 16.6 Å². The number of anilines is 1. The monoisotopic (exact) mass is 438 g/mol. The zero-order valence-electron chi connectivity index (χ0n) is 14.5. The molecule has 0 saturated heterocycles. The first-order valence-corrected chi connectivity index (χ1v) is 10.8. The number of benzene rings is 2. The number of carbonyl (C=O) groups excluding carboxylic acids is 1. The lowest BCUT2D eigenvalue weighted by Crippen LogP contribution is -2.17. The van der Waals surface area contributed by atoms with Gasteiger partial charge in [0, 0.05) is 10.7 Å². The van der Waals surface area contributed by atoms with Crippen LogP contribution in [0.3, 0.4) is 0 Å². The Morgan fingerprint density at radius 2 is 2.07 bits per heavy atom. The zero-order valence-corrected chi connectivity index (χ0v) is 16.9. The van der Waals surface area contributed by atoms with Gasteiger partial charge in [-0.1, -0.05) is 35.5 Å². The number of halogens is 1. The Kier molecular flexibility index (Phi) is 5.98. The average molecular weight is 439 g/mol. The number of hydrogen-bond donors (Lipinski definition) is 2. The molecule has 0 saturated carbocycles. The second kappa shape index (κ2) is 8.27. The van der Waals surface area contributed by atoms with E-state index in [1.54, 1.807) is 43.3 Å². The number of thioether (sulfide) groups is 1. The Morgan fingerprint density at radius 1 is 1.29 bits per heavy atom. The molecule has 0 fully saturated rings. The number of hydrogen-bond acceptors (Lipinski definition) is 7. The molecule has 0 atom stereocenters. The molecular weight excluding hydrogens is 424 g/mol. The number of amides is 1. The molecule has 9 nitrogen and oxygen atoms in total. The van der Waals surface area contributed by atoms with Crippen LogP contribution in [0.25, 0.3) is 5.69 Å². The summed E-state index contributed by atoms with van der Waals surface area (Å²) in [5.41, 5.74) is 1.49. The lowest BCUT2D eigenvalue weighted by Gasteiger charge is -2.09. The maximum atomic E-state index is 12.2. The van der Waals surface area contributed by atoms with Crippen LogP contribution in [0.2, 0.25) is 5.02 Å². The molecule has 0 spiro atoms. The van der Waals surface area contributed by atoms with Crippen molar-refractivity contribution in [1.29, 1.82) is 0 Å². The van der Waals surface area contributed by atoms with Gasteiger partial charge in [0.1, 0.15) is 0 Å². The molecule has 3 N–H and O–H groups in total. The quantitative estimate of drug-likeness (QED) is 0.562. The van der Waals surface area contributed by atoms with Crippen LogP contribution in [0.4, 0.5) is 5.69 Å². The molecule has 146 valence electrons. The first kappa shape index (κ1) is 20.3. The van der Waals surface area contributed by atoms with Crippen LogP contribution in [0.15, 0.2) is 52.5 Å². The second-order valence-corrected chi connectivity index (χ2v) is 8.62. The van der Waals surface area contributed by atoms with E-state index in [0.717, 1.165) is 11.8 Å². The molecular formula is C16H15ClN6O3S2.